The van der Waals surface area contributed by atoms with Crippen molar-refractivity contribution in [1.29, 1.82) is 0 Å². The number of hydrogen-bond donors (Lipinski definition) is 1. The van der Waals surface area contributed by atoms with Crippen molar-refractivity contribution in [2.24, 2.45) is 0 Å². The van der Waals surface area contributed by atoms with Gasteiger partial charge in [-0.3, -0.25) is 4.79 Å². The van der Waals surface area contributed by atoms with Crippen molar-refractivity contribution in [3.05, 3.63) is 60.2 Å². The number of amides is 1. The van der Waals surface area contributed by atoms with E-state index in [1.807, 2.05) is 31.2 Å². The van der Waals surface area contributed by atoms with Crippen molar-refractivity contribution < 1.29 is 4.79 Å². The van der Waals surface area contributed by atoms with Crippen LogP contribution in [0.2, 0.25) is 0 Å². The highest BCUT2D eigenvalue weighted by molar-refractivity contribution is 8.00. The van der Waals surface area contributed by atoms with Gasteiger partial charge in [0.1, 0.15) is 0 Å². The summed E-state index contributed by atoms with van der Waals surface area (Å²) in [7, 11) is 0. The predicted molar refractivity (Wildman–Crippen MR) is 113 cm³/mol. The summed E-state index contributed by atoms with van der Waals surface area (Å²) in [6, 6.07) is 18.6. The van der Waals surface area contributed by atoms with Gasteiger partial charge < -0.3 is 9.88 Å². The van der Waals surface area contributed by atoms with Crippen molar-refractivity contribution in [3.8, 4) is 0 Å². The van der Waals surface area contributed by atoms with Crippen molar-refractivity contribution in [1.82, 2.24) is 14.9 Å². The third kappa shape index (κ3) is 4.92. The van der Waals surface area contributed by atoms with Gasteiger partial charge in [-0.2, -0.15) is 0 Å². The molecule has 0 saturated heterocycles. The topological polar surface area (TPSA) is 46.9 Å². The molecule has 0 spiro atoms. The summed E-state index contributed by atoms with van der Waals surface area (Å²) in [6.07, 6.45) is 1.90. The van der Waals surface area contributed by atoms with Crippen molar-refractivity contribution in [3.63, 3.8) is 0 Å². The number of para-hydroxylation sites is 2. The molecule has 142 valence electrons. The van der Waals surface area contributed by atoms with Crippen LogP contribution in [0.3, 0.4) is 0 Å². The molecule has 27 heavy (non-hydrogen) atoms. The van der Waals surface area contributed by atoms with E-state index < -0.39 is 0 Å². The maximum absolute atomic E-state index is 12.6. The second kappa shape index (κ2) is 9.09. The number of thioether (sulfide) groups is 1. The summed E-state index contributed by atoms with van der Waals surface area (Å²) in [5.74, 6) is 0.0651. The summed E-state index contributed by atoms with van der Waals surface area (Å²) in [6.45, 7) is 6.96. The first-order valence-corrected chi connectivity index (χ1v) is 10.4. The minimum absolute atomic E-state index is 0.0651. The number of imidazole rings is 1. The third-order valence-corrected chi connectivity index (χ3v) is 5.77. The number of nitrogens with zero attached hydrogens (tertiary/aromatic N) is 2. The van der Waals surface area contributed by atoms with Gasteiger partial charge in [-0.05, 0) is 51.3 Å². The van der Waals surface area contributed by atoms with E-state index in [9.17, 15) is 4.79 Å². The first-order chi connectivity index (χ1) is 13.1. The van der Waals surface area contributed by atoms with Crippen LogP contribution >= 0.6 is 11.8 Å². The average Bonchev–Trinajstić information content (AvgIpc) is 3.04. The smallest absolute Gasteiger partial charge is 0.233 e. The molecule has 1 N–H and O–H groups in total. The van der Waals surface area contributed by atoms with Crippen molar-refractivity contribution >= 4 is 28.7 Å². The van der Waals surface area contributed by atoms with E-state index in [-0.39, 0.29) is 17.2 Å². The minimum Gasteiger partial charge on any atom is -0.353 e. The van der Waals surface area contributed by atoms with Crippen LogP contribution in [0.5, 0.6) is 0 Å². The fourth-order valence-electron chi connectivity index (χ4n) is 3.12. The van der Waals surface area contributed by atoms with Crippen molar-refractivity contribution in [2.45, 2.75) is 56.6 Å². The second-order valence-electron chi connectivity index (χ2n) is 6.82. The van der Waals surface area contributed by atoms with Crippen LogP contribution in [0.4, 0.5) is 0 Å². The van der Waals surface area contributed by atoms with E-state index in [0.29, 0.717) is 0 Å². The number of carbonyl (C=O) groups is 1. The first-order valence-electron chi connectivity index (χ1n) is 9.54. The largest absolute Gasteiger partial charge is 0.353 e. The Morgan fingerprint density at radius 2 is 1.81 bits per heavy atom. The number of nitrogens with one attached hydrogen (secondary N) is 1. The summed E-state index contributed by atoms with van der Waals surface area (Å²) in [5.41, 5.74) is 3.40. The fourth-order valence-corrected chi connectivity index (χ4v) is 4.12. The van der Waals surface area contributed by atoms with E-state index in [2.05, 4.69) is 54.1 Å². The number of hydrogen-bond acceptors (Lipinski definition) is 3. The van der Waals surface area contributed by atoms with Crippen LogP contribution in [0.15, 0.2) is 59.8 Å². The fraction of sp³-hybridized carbons (Fsp3) is 0.364. The van der Waals surface area contributed by atoms with Gasteiger partial charge in [-0.25, -0.2) is 4.98 Å². The molecule has 0 unspecified atom stereocenters. The molecular weight excluding hydrogens is 354 g/mol. The summed E-state index contributed by atoms with van der Waals surface area (Å²) in [4.78, 5) is 17.3. The highest BCUT2D eigenvalue weighted by Crippen LogP contribution is 2.27. The Bertz CT molecular complexity index is 891. The molecule has 3 aromatic rings. The molecular formula is C22H27N3OS. The number of fused-ring (bicyclic) bond motifs is 1. The zero-order valence-corrected chi connectivity index (χ0v) is 17.0. The number of aryl methyl sites for hydroxylation is 2. The molecule has 0 radical (unpaired) electrons. The van der Waals surface area contributed by atoms with Crippen molar-refractivity contribution in [2.75, 3.05) is 0 Å². The molecule has 0 bridgehead atoms. The number of rotatable bonds is 8. The van der Waals surface area contributed by atoms with Crippen LogP contribution in [0, 0.1) is 0 Å². The summed E-state index contributed by atoms with van der Waals surface area (Å²) < 4.78 is 2.17. The quantitative estimate of drug-likeness (QED) is 0.577. The minimum atomic E-state index is -0.189. The second-order valence-corrected chi connectivity index (χ2v) is 8.13. The normalized spacial score (nSPS) is 13.4. The highest BCUT2D eigenvalue weighted by Gasteiger charge is 2.20. The van der Waals surface area contributed by atoms with Crippen LogP contribution in [-0.2, 0) is 17.8 Å². The third-order valence-electron chi connectivity index (χ3n) is 4.68. The van der Waals surface area contributed by atoms with Gasteiger partial charge in [0.2, 0.25) is 5.91 Å². The Balaban J connectivity index is 1.57. The summed E-state index contributed by atoms with van der Waals surface area (Å²) in [5, 5.41) is 3.86. The molecule has 1 heterocycles. The van der Waals surface area contributed by atoms with Gasteiger partial charge in [0.05, 0.1) is 16.3 Å². The molecule has 2 aromatic carbocycles. The molecule has 0 aliphatic carbocycles. The Kier molecular flexibility index (Phi) is 6.56. The van der Waals surface area contributed by atoms with Crippen LogP contribution in [0.1, 0.15) is 32.8 Å². The van der Waals surface area contributed by atoms with Gasteiger partial charge in [-0.1, -0.05) is 54.2 Å². The SMILES string of the molecule is CCn1c(S[C@@H](C)C(=O)N[C@H](C)CCc2ccccc2)nc2ccccc21. The molecule has 5 heteroatoms. The Morgan fingerprint density at radius 3 is 2.56 bits per heavy atom. The average molecular weight is 382 g/mol. The molecule has 0 saturated carbocycles. The molecule has 1 amide bonds. The number of benzene rings is 2. The van der Waals surface area contributed by atoms with Crippen LogP contribution < -0.4 is 5.32 Å². The van der Waals surface area contributed by atoms with E-state index >= 15 is 0 Å². The maximum atomic E-state index is 12.6. The standard InChI is InChI=1S/C22H27N3OS/c1-4-25-20-13-9-8-12-19(20)24-22(25)27-17(3)21(26)23-16(2)14-15-18-10-6-5-7-11-18/h5-13,16-17H,4,14-15H2,1-3H3,(H,23,26)/t16-,17+/m1/s1. The van der Waals surface area contributed by atoms with E-state index in [1.165, 1.54) is 17.3 Å². The number of carbonyl (C=O) groups excluding carboxylic acids is 1. The lowest BCUT2D eigenvalue weighted by atomic mass is 10.1. The molecule has 1 aromatic heterocycles. The zero-order valence-electron chi connectivity index (χ0n) is 16.2. The van der Waals surface area contributed by atoms with Gasteiger partial charge >= 0.3 is 0 Å². The lowest BCUT2D eigenvalue weighted by molar-refractivity contribution is -0.120. The Labute approximate surface area is 165 Å². The molecule has 3 rings (SSSR count). The number of aromatic nitrogens is 2. The van der Waals surface area contributed by atoms with Gasteiger partial charge in [0.15, 0.2) is 5.16 Å². The zero-order chi connectivity index (χ0) is 19.2. The molecule has 2 atom stereocenters. The lowest BCUT2D eigenvalue weighted by Gasteiger charge is -2.17. The maximum Gasteiger partial charge on any atom is 0.233 e. The lowest BCUT2D eigenvalue weighted by Crippen LogP contribution is -2.38. The highest BCUT2D eigenvalue weighted by atomic mass is 32.2. The molecule has 0 fully saturated rings. The van der Waals surface area contributed by atoms with Gasteiger partial charge in [0, 0.05) is 12.6 Å². The molecule has 0 aliphatic heterocycles. The first kappa shape index (κ1) is 19.5. The Hall–Kier alpha value is -2.27. The van der Waals surface area contributed by atoms with Crippen LogP contribution in [-0.4, -0.2) is 26.8 Å². The summed E-state index contributed by atoms with van der Waals surface area (Å²) >= 11 is 1.52. The van der Waals surface area contributed by atoms with Crippen LogP contribution in [0.25, 0.3) is 11.0 Å². The van der Waals surface area contributed by atoms with E-state index in [1.54, 1.807) is 0 Å². The Morgan fingerprint density at radius 1 is 1.11 bits per heavy atom. The van der Waals surface area contributed by atoms with Gasteiger partial charge in [-0.15, -0.1) is 0 Å². The molecule has 0 aliphatic rings. The predicted octanol–water partition coefficient (Wildman–Crippen LogP) is 4.67. The van der Waals surface area contributed by atoms with Gasteiger partial charge in [0.25, 0.3) is 0 Å². The molecule has 4 nitrogen and oxygen atoms in total. The monoisotopic (exact) mass is 381 g/mol. The van der Waals surface area contributed by atoms with E-state index in [4.69, 9.17) is 4.98 Å². The van der Waals surface area contributed by atoms with E-state index in [0.717, 1.165) is 35.6 Å².